The summed E-state index contributed by atoms with van der Waals surface area (Å²) in [5, 5.41) is 10.4. The number of halogens is 3. The molecule has 0 saturated heterocycles. The van der Waals surface area contributed by atoms with E-state index in [1.807, 2.05) is 6.92 Å². The molecule has 1 N–H and O–H groups in total. The van der Waals surface area contributed by atoms with Gasteiger partial charge in [-0.1, -0.05) is 0 Å². The van der Waals surface area contributed by atoms with Gasteiger partial charge in [0.25, 0.3) is 0 Å². The SMILES string of the molecule is Cc1ccn2ncnc2c1NC(=O)Cc1ccn(CC(F)(F)F)n1. The zero-order valence-electron chi connectivity index (χ0n) is 12.6. The number of carbonyl (C=O) groups is 1. The van der Waals surface area contributed by atoms with E-state index in [9.17, 15) is 18.0 Å². The summed E-state index contributed by atoms with van der Waals surface area (Å²) in [6, 6.07) is 3.16. The first-order chi connectivity index (χ1) is 11.3. The number of aryl methyl sites for hydroxylation is 1. The monoisotopic (exact) mass is 338 g/mol. The van der Waals surface area contributed by atoms with E-state index in [-0.39, 0.29) is 12.1 Å². The second-order valence-corrected chi connectivity index (χ2v) is 5.25. The van der Waals surface area contributed by atoms with E-state index in [1.54, 1.807) is 12.3 Å². The van der Waals surface area contributed by atoms with Gasteiger partial charge in [0.1, 0.15) is 12.9 Å². The summed E-state index contributed by atoms with van der Waals surface area (Å²) in [6.45, 7) is 0.620. The predicted molar refractivity (Wildman–Crippen MR) is 78.3 cm³/mol. The lowest BCUT2D eigenvalue weighted by Gasteiger charge is -2.08. The summed E-state index contributed by atoms with van der Waals surface area (Å²) in [7, 11) is 0. The highest BCUT2D eigenvalue weighted by Gasteiger charge is 2.28. The Kier molecular flexibility index (Phi) is 3.96. The fourth-order valence-electron chi connectivity index (χ4n) is 2.25. The summed E-state index contributed by atoms with van der Waals surface area (Å²) in [6.07, 6.45) is -0.221. The summed E-state index contributed by atoms with van der Waals surface area (Å²) in [5.74, 6) is -0.397. The van der Waals surface area contributed by atoms with E-state index in [0.29, 0.717) is 11.3 Å². The van der Waals surface area contributed by atoms with Gasteiger partial charge in [0, 0.05) is 12.4 Å². The quantitative estimate of drug-likeness (QED) is 0.789. The van der Waals surface area contributed by atoms with Crippen LogP contribution in [0.2, 0.25) is 0 Å². The molecule has 7 nitrogen and oxygen atoms in total. The van der Waals surface area contributed by atoms with Crippen molar-refractivity contribution < 1.29 is 18.0 Å². The van der Waals surface area contributed by atoms with E-state index in [2.05, 4.69) is 20.5 Å². The van der Waals surface area contributed by atoms with Crippen LogP contribution in [-0.2, 0) is 17.8 Å². The number of aromatic nitrogens is 5. The predicted octanol–water partition coefficient (Wildman–Crippen LogP) is 1.98. The van der Waals surface area contributed by atoms with Crippen LogP contribution in [0, 0.1) is 6.92 Å². The van der Waals surface area contributed by atoms with Crippen molar-refractivity contribution in [2.24, 2.45) is 0 Å². The van der Waals surface area contributed by atoms with E-state index >= 15 is 0 Å². The third kappa shape index (κ3) is 3.53. The zero-order chi connectivity index (χ0) is 17.3. The van der Waals surface area contributed by atoms with Gasteiger partial charge in [-0.25, -0.2) is 9.50 Å². The van der Waals surface area contributed by atoms with Crippen LogP contribution in [0.15, 0.2) is 30.9 Å². The van der Waals surface area contributed by atoms with Crippen molar-refractivity contribution in [1.29, 1.82) is 0 Å². The van der Waals surface area contributed by atoms with Crippen molar-refractivity contribution in [2.45, 2.75) is 26.1 Å². The Morgan fingerprint density at radius 3 is 2.83 bits per heavy atom. The standard InChI is InChI=1S/C14H13F3N6O/c1-9-2-5-23-13(18-8-19-23)12(9)20-11(24)6-10-3-4-22(21-10)7-14(15,16)17/h2-5,8H,6-7H2,1H3,(H,20,24). The number of fused-ring (bicyclic) bond motifs is 1. The van der Waals surface area contributed by atoms with E-state index < -0.39 is 18.6 Å². The summed E-state index contributed by atoms with van der Waals surface area (Å²) in [5.41, 5.74) is 2.05. The smallest absolute Gasteiger partial charge is 0.322 e. The first-order valence-corrected chi connectivity index (χ1v) is 7.00. The number of anilines is 1. The van der Waals surface area contributed by atoms with Gasteiger partial charge in [-0.15, -0.1) is 0 Å². The molecule has 126 valence electrons. The molecule has 0 spiro atoms. The van der Waals surface area contributed by atoms with Gasteiger partial charge in [-0.2, -0.15) is 23.4 Å². The van der Waals surface area contributed by atoms with Crippen LogP contribution in [0.1, 0.15) is 11.3 Å². The van der Waals surface area contributed by atoms with Gasteiger partial charge in [0.2, 0.25) is 5.91 Å². The molecule has 0 fully saturated rings. The Labute approximate surface area is 134 Å². The largest absolute Gasteiger partial charge is 0.408 e. The second-order valence-electron chi connectivity index (χ2n) is 5.25. The van der Waals surface area contributed by atoms with Gasteiger partial charge < -0.3 is 5.32 Å². The molecule has 10 heteroatoms. The topological polar surface area (TPSA) is 77.1 Å². The molecule has 3 rings (SSSR count). The zero-order valence-corrected chi connectivity index (χ0v) is 12.6. The van der Waals surface area contributed by atoms with Crippen LogP contribution in [0.5, 0.6) is 0 Å². The van der Waals surface area contributed by atoms with Gasteiger partial charge in [-0.05, 0) is 24.6 Å². The Bertz CT molecular complexity index is 882. The summed E-state index contributed by atoms with van der Waals surface area (Å²) < 4.78 is 39.2. The molecule has 0 aromatic carbocycles. The molecule has 24 heavy (non-hydrogen) atoms. The Morgan fingerprint density at radius 2 is 2.08 bits per heavy atom. The normalized spacial score (nSPS) is 11.8. The van der Waals surface area contributed by atoms with E-state index in [1.165, 1.54) is 23.1 Å². The van der Waals surface area contributed by atoms with Gasteiger partial charge in [-0.3, -0.25) is 9.48 Å². The summed E-state index contributed by atoms with van der Waals surface area (Å²) in [4.78, 5) is 16.2. The number of hydrogen-bond donors (Lipinski definition) is 1. The lowest BCUT2D eigenvalue weighted by Crippen LogP contribution is -2.19. The maximum atomic E-state index is 12.3. The molecule has 0 radical (unpaired) electrons. The average Bonchev–Trinajstić information content (AvgIpc) is 3.09. The molecule has 0 aliphatic rings. The van der Waals surface area contributed by atoms with Crippen LogP contribution < -0.4 is 5.32 Å². The van der Waals surface area contributed by atoms with Crippen molar-refractivity contribution in [3.63, 3.8) is 0 Å². The van der Waals surface area contributed by atoms with Crippen LogP contribution in [0.3, 0.4) is 0 Å². The third-order valence-electron chi connectivity index (χ3n) is 3.30. The van der Waals surface area contributed by atoms with Gasteiger partial charge in [0.15, 0.2) is 5.65 Å². The number of carbonyl (C=O) groups excluding carboxylic acids is 1. The second kappa shape index (κ2) is 5.95. The minimum Gasteiger partial charge on any atom is -0.322 e. The molecule has 0 unspecified atom stereocenters. The highest BCUT2D eigenvalue weighted by Crippen LogP contribution is 2.20. The number of nitrogens with zero attached hydrogens (tertiary/aromatic N) is 5. The lowest BCUT2D eigenvalue weighted by atomic mass is 10.2. The number of rotatable bonds is 4. The minimum absolute atomic E-state index is 0.139. The molecule has 3 aromatic rings. The van der Waals surface area contributed by atoms with Crippen molar-refractivity contribution in [1.82, 2.24) is 24.4 Å². The maximum Gasteiger partial charge on any atom is 0.408 e. The number of pyridine rings is 1. The number of alkyl halides is 3. The Morgan fingerprint density at radius 1 is 1.29 bits per heavy atom. The molecule has 0 bridgehead atoms. The summed E-state index contributed by atoms with van der Waals surface area (Å²) >= 11 is 0. The van der Waals surface area contributed by atoms with Crippen molar-refractivity contribution in [3.05, 3.63) is 42.1 Å². The van der Waals surface area contributed by atoms with Crippen LogP contribution in [0.4, 0.5) is 18.9 Å². The molecular formula is C14H13F3N6O. The number of amides is 1. The van der Waals surface area contributed by atoms with Crippen LogP contribution in [-0.4, -0.2) is 36.5 Å². The van der Waals surface area contributed by atoms with Gasteiger partial charge >= 0.3 is 6.18 Å². The minimum atomic E-state index is -4.36. The first kappa shape index (κ1) is 16.0. The van der Waals surface area contributed by atoms with E-state index in [0.717, 1.165) is 10.2 Å². The highest BCUT2D eigenvalue weighted by molar-refractivity contribution is 5.96. The molecule has 1 amide bonds. The van der Waals surface area contributed by atoms with Crippen molar-refractivity contribution >= 4 is 17.2 Å². The fourth-order valence-corrected chi connectivity index (χ4v) is 2.25. The maximum absolute atomic E-state index is 12.3. The molecule has 0 aliphatic heterocycles. The third-order valence-corrected chi connectivity index (χ3v) is 3.30. The van der Waals surface area contributed by atoms with Gasteiger partial charge in [0.05, 0.1) is 17.8 Å². The lowest BCUT2D eigenvalue weighted by molar-refractivity contribution is -0.142. The average molecular weight is 338 g/mol. The Hall–Kier alpha value is -2.91. The molecule has 0 saturated carbocycles. The molecule has 0 atom stereocenters. The van der Waals surface area contributed by atoms with Crippen LogP contribution >= 0.6 is 0 Å². The van der Waals surface area contributed by atoms with Crippen molar-refractivity contribution in [2.75, 3.05) is 5.32 Å². The first-order valence-electron chi connectivity index (χ1n) is 7.00. The molecule has 0 aliphatic carbocycles. The number of hydrogen-bond acceptors (Lipinski definition) is 4. The highest BCUT2D eigenvalue weighted by atomic mass is 19.4. The molecular weight excluding hydrogens is 325 g/mol. The molecule has 3 aromatic heterocycles. The van der Waals surface area contributed by atoms with E-state index in [4.69, 9.17) is 0 Å². The number of nitrogens with one attached hydrogen (secondary N) is 1. The Balaban J connectivity index is 1.71. The van der Waals surface area contributed by atoms with Crippen LogP contribution in [0.25, 0.3) is 5.65 Å². The molecule has 3 heterocycles. The van der Waals surface area contributed by atoms with Crippen molar-refractivity contribution in [3.8, 4) is 0 Å². The fraction of sp³-hybridized carbons (Fsp3) is 0.286.